The zero-order valence-electron chi connectivity index (χ0n) is 12.7. The summed E-state index contributed by atoms with van der Waals surface area (Å²) in [5.41, 5.74) is 3.10. The first-order valence-corrected chi connectivity index (χ1v) is 9.44. The SMILES string of the molecule is Cc1ccc(-n2nc3c(c2NC(=O)C2CC2)CS(=O)(=O)C3)cc1. The quantitative estimate of drug-likeness (QED) is 0.932. The number of sulfone groups is 1. The van der Waals surface area contributed by atoms with Crippen LogP contribution in [0.25, 0.3) is 5.69 Å². The molecule has 0 saturated heterocycles. The topological polar surface area (TPSA) is 81.1 Å². The van der Waals surface area contributed by atoms with E-state index >= 15 is 0 Å². The second-order valence-electron chi connectivity index (χ2n) is 6.32. The van der Waals surface area contributed by atoms with Gasteiger partial charge in [0.05, 0.1) is 22.9 Å². The molecule has 0 radical (unpaired) electrons. The number of carbonyl (C=O) groups is 1. The fraction of sp³-hybridized carbons (Fsp3) is 0.375. The molecule has 120 valence electrons. The van der Waals surface area contributed by atoms with E-state index in [1.165, 1.54) is 0 Å². The molecule has 0 bridgehead atoms. The first kappa shape index (κ1) is 14.4. The molecule has 1 saturated carbocycles. The smallest absolute Gasteiger partial charge is 0.228 e. The fourth-order valence-electron chi connectivity index (χ4n) is 2.81. The van der Waals surface area contributed by atoms with Crippen LogP contribution in [-0.4, -0.2) is 24.1 Å². The second kappa shape index (κ2) is 4.92. The van der Waals surface area contributed by atoms with Crippen molar-refractivity contribution >= 4 is 21.6 Å². The van der Waals surface area contributed by atoms with Gasteiger partial charge in [-0.2, -0.15) is 5.10 Å². The number of nitrogens with zero attached hydrogens (tertiary/aromatic N) is 2. The third kappa shape index (κ3) is 2.65. The molecule has 1 aliphatic heterocycles. The molecule has 1 N–H and O–H groups in total. The number of nitrogens with one attached hydrogen (secondary N) is 1. The highest BCUT2D eigenvalue weighted by atomic mass is 32.2. The highest BCUT2D eigenvalue weighted by Crippen LogP contribution is 2.35. The molecular weight excluding hydrogens is 314 g/mol. The molecule has 1 amide bonds. The minimum absolute atomic E-state index is 0.0463. The van der Waals surface area contributed by atoms with Crippen molar-refractivity contribution < 1.29 is 13.2 Å². The zero-order chi connectivity index (χ0) is 16.2. The maximum absolute atomic E-state index is 12.2. The number of aromatic nitrogens is 2. The monoisotopic (exact) mass is 331 g/mol. The average Bonchev–Trinajstić information content (AvgIpc) is 3.23. The number of amides is 1. The van der Waals surface area contributed by atoms with Crippen LogP contribution in [0.15, 0.2) is 24.3 Å². The minimum Gasteiger partial charge on any atom is -0.310 e. The molecule has 0 spiro atoms. The van der Waals surface area contributed by atoms with Gasteiger partial charge in [-0.15, -0.1) is 0 Å². The molecule has 6 nitrogen and oxygen atoms in total. The standard InChI is InChI=1S/C16H17N3O3S/c1-10-2-6-12(7-3-10)19-15(17-16(20)11-4-5-11)13-8-23(21,22)9-14(13)18-19/h2-3,6-7,11H,4-5,8-9H2,1H3,(H,17,20). The zero-order valence-corrected chi connectivity index (χ0v) is 13.6. The van der Waals surface area contributed by atoms with E-state index < -0.39 is 9.84 Å². The maximum atomic E-state index is 12.2. The van der Waals surface area contributed by atoms with Crippen LogP contribution in [0.2, 0.25) is 0 Å². The maximum Gasteiger partial charge on any atom is 0.228 e. The van der Waals surface area contributed by atoms with E-state index in [0.29, 0.717) is 17.1 Å². The van der Waals surface area contributed by atoms with E-state index in [1.807, 2.05) is 31.2 Å². The van der Waals surface area contributed by atoms with Gasteiger partial charge < -0.3 is 5.32 Å². The van der Waals surface area contributed by atoms with Crippen molar-refractivity contribution in [2.45, 2.75) is 31.3 Å². The van der Waals surface area contributed by atoms with Gasteiger partial charge in [0, 0.05) is 11.5 Å². The normalized spacial score (nSPS) is 18.7. The van der Waals surface area contributed by atoms with Gasteiger partial charge in [-0.3, -0.25) is 4.79 Å². The molecule has 2 heterocycles. The molecule has 1 aliphatic carbocycles. The van der Waals surface area contributed by atoms with Crippen molar-refractivity contribution in [3.05, 3.63) is 41.1 Å². The van der Waals surface area contributed by atoms with Crippen LogP contribution >= 0.6 is 0 Å². The van der Waals surface area contributed by atoms with Crippen molar-refractivity contribution in [3.63, 3.8) is 0 Å². The van der Waals surface area contributed by atoms with Crippen LogP contribution < -0.4 is 5.32 Å². The average molecular weight is 331 g/mol. The van der Waals surface area contributed by atoms with Crippen LogP contribution in [0, 0.1) is 12.8 Å². The molecule has 1 fully saturated rings. The van der Waals surface area contributed by atoms with Crippen molar-refractivity contribution in [1.82, 2.24) is 9.78 Å². The summed E-state index contributed by atoms with van der Waals surface area (Å²) in [5.74, 6) is 0.374. The highest BCUT2D eigenvalue weighted by molar-refractivity contribution is 7.90. The molecule has 1 aromatic carbocycles. The molecule has 23 heavy (non-hydrogen) atoms. The molecular formula is C16H17N3O3S. The lowest BCUT2D eigenvalue weighted by molar-refractivity contribution is -0.117. The van der Waals surface area contributed by atoms with Crippen molar-refractivity contribution in [3.8, 4) is 5.69 Å². The highest BCUT2D eigenvalue weighted by Gasteiger charge is 2.35. The summed E-state index contributed by atoms with van der Waals surface area (Å²) >= 11 is 0. The molecule has 0 unspecified atom stereocenters. The van der Waals surface area contributed by atoms with E-state index in [9.17, 15) is 13.2 Å². The molecule has 0 atom stereocenters. The van der Waals surface area contributed by atoms with Crippen LogP contribution in [0.5, 0.6) is 0 Å². The number of anilines is 1. The summed E-state index contributed by atoms with van der Waals surface area (Å²) in [7, 11) is -3.16. The van der Waals surface area contributed by atoms with Gasteiger partial charge in [0.25, 0.3) is 0 Å². The lowest BCUT2D eigenvalue weighted by Gasteiger charge is -2.11. The van der Waals surface area contributed by atoms with Crippen LogP contribution in [0.3, 0.4) is 0 Å². The Kier molecular flexibility index (Phi) is 3.09. The van der Waals surface area contributed by atoms with Crippen molar-refractivity contribution in [2.75, 3.05) is 5.32 Å². The van der Waals surface area contributed by atoms with Crippen LogP contribution in [-0.2, 0) is 26.1 Å². The van der Waals surface area contributed by atoms with Crippen LogP contribution in [0.1, 0.15) is 29.7 Å². The Bertz CT molecular complexity index is 893. The Morgan fingerprint density at radius 3 is 2.57 bits per heavy atom. The summed E-state index contributed by atoms with van der Waals surface area (Å²) in [5, 5.41) is 7.34. The summed E-state index contributed by atoms with van der Waals surface area (Å²) in [4.78, 5) is 12.2. The summed E-state index contributed by atoms with van der Waals surface area (Å²) in [6.45, 7) is 2.00. The third-order valence-corrected chi connectivity index (χ3v) is 5.70. The first-order valence-electron chi connectivity index (χ1n) is 7.62. The summed E-state index contributed by atoms with van der Waals surface area (Å²) < 4.78 is 25.4. The summed E-state index contributed by atoms with van der Waals surface area (Å²) in [6, 6.07) is 7.76. The molecule has 2 aromatic rings. The fourth-order valence-corrected chi connectivity index (χ4v) is 4.30. The Labute approximate surface area is 134 Å². The van der Waals surface area contributed by atoms with Gasteiger partial charge in [-0.1, -0.05) is 17.7 Å². The van der Waals surface area contributed by atoms with Crippen molar-refractivity contribution in [1.29, 1.82) is 0 Å². The van der Waals surface area contributed by atoms with Gasteiger partial charge in [-0.25, -0.2) is 13.1 Å². The Morgan fingerprint density at radius 1 is 1.22 bits per heavy atom. The Balaban J connectivity index is 1.79. The van der Waals surface area contributed by atoms with Gasteiger partial charge in [0.15, 0.2) is 9.84 Å². The number of benzene rings is 1. The van der Waals surface area contributed by atoms with Gasteiger partial charge in [0.1, 0.15) is 5.82 Å². The first-order chi connectivity index (χ1) is 10.9. The van der Waals surface area contributed by atoms with Crippen molar-refractivity contribution in [2.24, 2.45) is 5.92 Å². The minimum atomic E-state index is -3.16. The third-order valence-electron chi connectivity index (χ3n) is 4.26. The van der Waals surface area contributed by atoms with E-state index in [1.54, 1.807) is 4.68 Å². The lowest BCUT2D eigenvalue weighted by atomic mass is 10.2. The second-order valence-corrected chi connectivity index (χ2v) is 8.38. The van der Waals surface area contributed by atoms with Crippen LogP contribution in [0.4, 0.5) is 5.82 Å². The Hall–Kier alpha value is -2.15. The number of rotatable bonds is 3. The summed E-state index contributed by atoms with van der Waals surface area (Å²) in [6.07, 6.45) is 1.79. The van der Waals surface area contributed by atoms with Gasteiger partial charge in [-0.05, 0) is 31.9 Å². The predicted molar refractivity (Wildman–Crippen MR) is 86.0 cm³/mol. The molecule has 4 rings (SSSR count). The van der Waals surface area contributed by atoms with E-state index in [-0.39, 0.29) is 23.3 Å². The van der Waals surface area contributed by atoms with E-state index in [2.05, 4.69) is 10.4 Å². The number of carbonyl (C=O) groups excluding carboxylic acids is 1. The molecule has 2 aliphatic rings. The van der Waals surface area contributed by atoms with E-state index in [4.69, 9.17) is 0 Å². The van der Waals surface area contributed by atoms with Gasteiger partial charge >= 0.3 is 0 Å². The largest absolute Gasteiger partial charge is 0.310 e. The number of hydrogen-bond donors (Lipinski definition) is 1. The van der Waals surface area contributed by atoms with Gasteiger partial charge in [0.2, 0.25) is 5.91 Å². The molecule has 1 aromatic heterocycles. The number of hydrogen-bond acceptors (Lipinski definition) is 4. The van der Waals surface area contributed by atoms with E-state index in [0.717, 1.165) is 24.1 Å². The lowest BCUT2D eigenvalue weighted by Crippen LogP contribution is -2.18. The molecule has 7 heteroatoms. The predicted octanol–water partition coefficient (Wildman–Crippen LogP) is 1.96. The Morgan fingerprint density at radius 2 is 1.91 bits per heavy atom. The number of aryl methyl sites for hydroxylation is 1. The number of fused-ring (bicyclic) bond motifs is 1.